The molecular formula is C15H19NO5. The van der Waals surface area contributed by atoms with Crippen LogP contribution in [-0.2, 0) is 20.9 Å². The van der Waals surface area contributed by atoms with Crippen LogP contribution in [0, 0.1) is 11.8 Å². The number of benzene rings is 1. The molecule has 2 N–H and O–H groups in total. The van der Waals surface area contributed by atoms with Crippen LogP contribution in [0.1, 0.15) is 12.0 Å². The predicted molar refractivity (Wildman–Crippen MR) is 74.7 cm³/mol. The minimum atomic E-state index is -0.922. The van der Waals surface area contributed by atoms with Crippen LogP contribution in [0.15, 0.2) is 30.3 Å². The van der Waals surface area contributed by atoms with Gasteiger partial charge in [0.1, 0.15) is 6.61 Å². The van der Waals surface area contributed by atoms with Crippen molar-refractivity contribution in [3.63, 3.8) is 0 Å². The zero-order valence-corrected chi connectivity index (χ0v) is 11.7. The first kappa shape index (κ1) is 15.3. The van der Waals surface area contributed by atoms with Crippen LogP contribution < -0.4 is 5.32 Å². The summed E-state index contributed by atoms with van der Waals surface area (Å²) in [5.41, 5.74) is 0.881. The zero-order chi connectivity index (χ0) is 15.1. The summed E-state index contributed by atoms with van der Waals surface area (Å²) in [6.07, 6.45) is 0.0987. The molecule has 2 rings (SSSR count). The van der Waals surface area contributed by atoms with Gasteiger partial charge in [-0.25, -0.2) is 4.79 Å². The van der Waals surface area contributed by atoms with Crippen molar-refractivity contribution >= 4 is 12.1 Å². The van der Waals surface area contributed by atoms with Gasteiger partial charge in [0.05, 0.1) is 12.5 Å². The lowest BCUT2D eigenvalue weighted by atomic mass is 9.92. The minimum Gasteiger partial charge on any atom is -0.481 e. The number of aliphatic carboxylic acids is 1. The number of carboxylic acids is 1. The number of carbonyl (C=O) groups excluding carboxylic acids is 1. The van der Waals surface area contributed by atoms with Gasteiger partial charge in [0.25, 0.3) is 0 Å². The van der Waals surface area contributed by atoms with Gasteiger partial charge in [-0.3, -0.25) is 4.79 Å². The van der Waals surface area contributed by atoms with E-state index in [9.17, 15) is 14.7 Å². The quantitative estimate of drug-likeness (QED) is 0.833. The molecule has 0 radical (unpaired) electrons. The number of hydrogen-bond donors (Lipinski definition) is 2. The van der Waals surface area contributed by atoms with E-state index in [0.29, 0.717) is 19.6 Å². The van der Waals surface area contributed by atoms with Crippen LogP contribution >= 0.6 is 0 Å². The van der Waals surface area contributed by atoms with Gasteiger partial charge < -0.3 is 19.9 Å². The Morgan fingerprint density at radius 3 is 2.76 bits per heavy atom. The van der Waals surface area contributed by atoms with Gasteiger partial charge in [-0.2, -0.15) is 0 Å². The zero-order valence-electron chi connectivity index (χ0n) is 11.7. The number of nitrogens with one attached hydrogen (secondary N) is 1. The maximum atomic E-state index is 11.6. The number of amides is 1. The molecule has 0 bridgehead atoms. The van der Waals surface area contributed by atoms with Crippen LogP contribution in [0.3, 0.4) is 0 Å². The number of hydrogen-bond acceptors (Lipinski definition) is 4. The van der Waals surface area contributed by atoms with E-state index in [1.54, 1.807) is 0 Å². The lowest BCUT2D eigenvalue weighted by molar-refractivity contribution is -0.143. The molecule has 0 saturated carbocycles. The Balaban J connectivity index is 1.75. The molecule has 2 unspecified atom stereocenters. The molecule has 1 aliphatic rings. The lowest BCUT2D eigenvalue weighted by Gasteiger charge is -2.18. The highest BCUT2D eigenvalue weighted by molar-refractivity contribution is 5.72. The topological polar surface area (TPSA) is 84.9 Å². The first-order valence-electron chi connectivity index (χ1n) is 6.92. The van der Waals surface area contributed by atoms with E-state index in [2.05, 4.69) is 5.32 Å². The molecule has 0 spiro atoms. The first-order valence-corrected chi connectivity index (χ1v) is 6.92. The Bertz CT molecular complexity index is 470. The van der Waals surface area contributed by atoms with Crippen molar-refractivity contribution in [1.29, 1.82) is 0 Å². The Morgan fingerprint density at radius 2 is 2.14 bits per heavy atom. The lowest BCUT2D eigenvalue weighted by Crippen LogP contribution is -2.37. The van der Waals surface area contributed by atoms with Crippen LogP contribution in [0.5, 0.6) is 0 Å². The highest BCUT2D eigenvalue weighted by atomic mass is 16.5. The second-order valence-electron chi connectivity index (χ2n) is 5.01. The van der Waals surface area contributed by atoms with E-state index >= 15 is 0 Å². The van der Waals surface area contributed by atoms with E-state index in [-0.39, 0.29) is 19.1 Å². The van der Waals surface area contributed by atoms with Gasteiger partial charge in [-0.15, -0.1) is 0 Å². The van der Waals surface area contributed by atoms with E-state index < -0.39 is 18.0 Å². The van der Waals surface area contributed by atoms with Crippen molar-refractivity contribution in [2.24, 2.45) is 11.8 Å². The average molecular weight is 293 g/mol. The van der Waals surface area contributed by atoms with Gasteiger partial charge in [0.2, 0.25) is 0 Å². The molecular weight excluding hydrogens is 274 g/mol. The second-order valence-corrected chi connectivity index (χ2v) is 5.01. The van der Waals surface area contributed by atoms with Gasteiger partial charge in [0, 0.05) is 13.2 Å². The van der Waals surface area contributed by atoms with Crippen molar-refractivity contribution in [2.45, 2.75) is 13.0 Å². The molecule has 1 heterocycles. The molecule has 1 aromatic rings. The van der Waals surface area contributed by atoms with E-state index in [0.717, 1.165) is 5.56 Å². The van der Waals surface area contributed by atoms with Gasteiger partial charge in [0.15, 0.2) is 0 Å². The van der Waals surface area contributed by atoms with Crippen molar-refractivity contribution < 1.29 is 24.2 Å². The number of carboxylic acid groups (broad SMARTS) is 1. The summed E-state index contributed by atoms with van der Waals surface area (Å²) in [6.45, 7) is 1.22. The second kappa shape index (κ2) is 7.64. The molecule has 1 saturated heterocycles. The largest absolute Gasteiger partial charge is 0.481 e. The van der Waals surface area contributed by atoms with Gasteiger partial charge in [-0.05, 0) is 17.9 Å². The summed E-state index contributed by atoms with van der Waals surface area (Å²) < 4.78 is 10.2. The van der Waals surface area contributed by atoms with Crippen LogP contribution in [0.25, 0.3) is 0 Å². The Labute approximate surface area is 123 Å². The summed E-state index contributed by atoms with van der Waals surface area (Å²) >= 11 is 0. The Hall–Kier alpha value is -2.08. The van der Waals surface area contributed by atoms with Gasteiger partial charge >= 0.3 is 12.1 Å². The summed E-state index contributed by atoms with van der Waals surface area (Å²) in [5.74, 6) is -1.62. The third-order valence-electron chi connectivity index (χ3n) is 3.53. The molecule has 21 heavy (non-hydrogen) atoms. The van der Waals surface area contributed by atoms with Crippen molar-refractivity contribution in [2.75, 3.05) is 19.8 Å². The number of carbonyl (C=O) groups is 2. The van der Waals surface area contributed by atoms with Gasteiger partial charge in [-0.1, -0.05) is 30.3 Å². The maximum absolute atomic E-state index is 11.6. The van der Waals surface area contributed by atoms with Crippen molar-refractivity contribution in [1.82, 2.24) is 5.32 Å². The molecule has 0 aliphatic carbocycles. The maximum Gasteiger partial charge on any atom is 0.407 e. The molecule has 6 heteroatoms. The number of ether oxygens (including phenoxy) is 2. The summed E-state index contributed by atoms with van der Waals surface area (Å²) in [4.78, 5) is 22.8. The first-order chi connectivity index (χ1) is 10.2. The number of rotatable bonds is 6. The molecule has 1 aliphatic heterocycles. The predicted octanol–water partition coefficient (Wildman–Crippen LogP) is 1.65. The molecule has 114 valence electrons. The minimum absolute atomic E-state index is 0.0526. The third kappa shape index (κ3) is 4.75. The normalized spacial score (nSPS) is 19.0. The monoisotopic (exact) mass is 293 g/mol. The Kier molecular flexibility index (Phi) is 5.57. The average Bonchev–Trinajstić information content (AvgIpc) is 3.00. The SMILES string of the molecule is O=C(NCC(C(=O)O)C1CCOC1)OCc1ccccc1. The van der Waals surface area contributed by atoms with Crippen LogP contribution in [-0.4, -0.2) is 36.9 Å². The molecule has 1 amide bonds. The van der Waals surface area contributed by atoms with E-state index in [4.69, 9.17) is 9.47 Å². The summed E-state index contributed by atoms with van der Waals surface area (Å²) in [6, 6.07) is 9.30. The highest BCUT2D eigenvalue weighted by Crippen LogP contribution is 2.22. The number of alkyl carbamates (subject to hydrolysis) is 1. The van der Waals surface area contributed by atoms with Crippen LogP contribution in [0.2, 0.25) is 0 Å². The van der Waals surface area contributed by atoms with E-state index in [1.165, 1.54) is 0 Å². The summed E-state index contributed by atoms with van der Waals surface area (Å²) in [5, 5.41) is 11.7. The fraction of sp³-hybridized carbons (Fsp3) is 0.467. The fourth-order valence-electron chi connectivity index (χ4n) is 2.29. The fourth-order valence-corrected chi connectivity index (χ4v) is 2.29. The van der Waals surface area contributed by atoms with Crippen molar-refractivity contribution in [3.05, 3.63) is 35.9 Å². The smallest absolute Gasteiger partial charge is 0.407 e. The third-order valence-corrected chi connectivity index (χ3v) is 3.53. The van der Waals surface area contributed by atoms with Crippen LogP contribution in [0.4, 0.5) is 4.79 Å². The van der Waals surface area contributed by atoms with E-state index in [1.807, 2.05) is 30.3 Å². The molecule has 6 nitrogen and oxygen atoms in total. The molecule has 2 atom stereocenters. The summed E-state index contributed by atoms with van der Waals surface area (Å²) in [7, 11) is 0. The molecule has 0 aromatic heterocycles. The molecule has 1 fully saturated rings. The Morgan fingerprint density at radius 1 is 1.38 bits per heavy atom. The molecule has 1 aromatic carbocycles. The van der Waals surface area contributed by atoms with Crippen molar-refractivity contribution in [3.8, 4) is 0 Å². The standard InChI is InChI=1S/C15H19NO5/c17-14(18)13(12-6-7-20-10-12)8-16-15(19)21-9-11-4-2-1-3-5-11/h1-5,12-13H,6-10H2,(H,16,19)(H,17,18). The highest BCUT2D eigenvalue weighted by Gasteiger charge is 2.31.